The van der Waals surface area contributed by atoms with Gasteiger partial charge in [0.1, 0.15) is 17.4 Å². The van der Waals surface area contributed by atoms with E-state index in [1.807, 2.05) is 5.38 Å². The Bertz CT molecular complexity index is 1040. The van der Waals surface area contributed by atoms with Gasteiger partial charge >= 0.3 is 6.18 Å². The average molecular weight is 403 g/mol. The van der Waals surface area contributed by atoms with Gasteiger partial charge in [-0.15, -0.1) is 21.5 Å². The van der Waals surface area contributed by atoms with Crippen LogP contribution in [0.3, 0.4) is 0 Å². The van der Waals surface area contributed by atoms with Crippen molar-refractivity contribution in [3.63, 3.8) is 0 Å². The molecule has 0 saturated heterocycles. The molecule has 0 saturated carbocycles. The number of aromatic nitrogens is 3. The Morgan fingerprint density at radius 1 is 0.964 bits per heavy atom. The molecule has 4 aromatic rings. The quantitative estimate of drug-likeness (QED) is 0.443. The first-order valence-electron chi connectivity index (χ1n) is 8.10. The van der Waals surface area contributed by atoms with Crippen molar-refractivity contribution < 1.29 is 22.3 Å². The van der Waals surface area contributed by atoms with Gasteiger partial charge in [0.2, 0.25) is 12.3 Å². The van der Waals surface area contributed by atoms with Gasteiger partial charge in [-0.05, 0) is 36.4 Å². The summed E-state index contributed by atoms with van der Waals surface area (Å²) in [6.45, 7) is 0.247. The summed E-state index contributed by atoms with van der Waals surface area (Å²) in [7, 11) is 0. The third kappa shape index (κ3) is 4.04. The lowest BCUT2D eigenvalue weighted by molar-refractivity contribution is -0.137. The van der Waals surface area contributed by atoms with Gasteiger partial charge in [-0.2, -0.15) is 13.2 Å². The summed E-state index contributed by atoms with van der Waals surface area (Å²) in [6, 6.07) is 12.1. The number of hydrogen-bond donors (Lipinski definition) is 0. The smallest absolute Gasteiger partial charge is 0.416 e. The predicted octanol–water partition coefficient (Wildman–Crippen LogP) is 5.46. The summed E-state index contributed by atoms with van der Waals surface area (Å²) in [6.07, 6.45) is -3.09. The lowest BCUT2D eigenvalue weighted by Crippen LogP contribution is -2.03. The average Bonchev–Trinajstić information content (AvgIpc) is 3.38. The number of nitrogens with zero attached hydrogens (tertiary/aromatic N) is 3. The normalized spacial score (nSPS) is 11.5. The summed E-state index contributed by atoms with van der Waals surface area (Å²) in [5.41, 5.74) is 1.43. The van der Waals surface area contributed by atoms with Crippen LogP contribution in [0, 0.1) is 0 Å². The standard InChI is InChI=1S/C19H12F3N3O2S/c20-19(21,22)14-5-1-13(2-6-14)18-24-15(10-28-18)9-26-16-7-3-12(4-8-16)17-25-23-11-27-17/h1-8,10-11H,9H2. The second kappa shape index (κ2) is 7.43. The Morgan fingerprint density at radius 2 is 1.68 bits per heavy atom. The molecule has 0 N–H and O–H groups in total. The highest BCUT2D eigenvalue weighted by Gasteiger charge is 2.30. The van der Waals surface area contributed by atoms with Gasteiger partial charge in [-0.25, -0.2) is 4.98 Å². The van der Waals surface area contributed by atoms with E-state index in [1.54, 1.807) is 24.3 Å². The molecule has 4 rings (SSSR count). The highest BCUT2D eigenvalue weighted by molar-refractivity contribution is 7.13. The van der Waals surface area contributed by atoms with E-state index in [1.165, 1.54) is 29.9 Å². The number of rotatable bonds is 5. The SMILES string of the molecule is FC(F)(F)c1ccc(-c2nc(COc3ccc(-c4nnco4)cc3)cs2)cc1. The van der Waals surface area contributed by atoms with Crippen LogP contribution in [-0.2, 0) is 12.8 Å². The molecule has 0 bridgehead atoms. The predicted molar refractivity (Wildman–Crippen MR) is 96.6 cm³/mol. The molecule has 2 aromatic carbocycles. The van der Waals surface area contributed by atoms with E-state index >= 15 is 0 Å². The van der Waals surface area contributed by atoms with Gasteiger partial charge in [0.05, 0.1) is 11.3 Å². The molecule has 2 aromatic heterocycles. The molecular formula is C19H12F3N3O2S. The molecular weight excluding hydrogens is 391 g/mol. The van der Waals surface area contributed by atoms with Gasteiger partial charge in [-0.3, -0.25) is 0 Å². The Labute approximate surface area is 161 Å². The maximum atomic E-state index is 12.7. The topological polar surface area (TPSA) is 61.0 Å². The van der Waals surface area contributed by atoms with Crippen LogP contribution in [0.1, 0.15) is 11.3 Å². The van der Waals surface area contributed by atoms with Crippen LogP contribution in [0.2, 0.25) is 0 Å². The van der Waals surface area contributed by atoms with E-state index < -0.39 is 11.7 Å². The lowest BCUT2D eigenvalue weighted by atomic mass is 10.1. The maximum Gasteiger partial charge on any atom is 0.416 e. The van der Waals surface area contributed by atoms with Gasteiger partial charge in [0, 0.05) is 16.5 Å². The fourth-order valence-electron chi connectivity index (χ4n) is 2.46. The maximum absolute atomic E-state index is 12.7. The molecule has 142 valence electrons. The minimum Gasteiger partial charge on any atom is -0.487 e. The second-order valence-corrected chi connectivity index (χ2v) is 6.63. The molecule has 0 aliphatic rings. The Kier molecular flexibility index (Phi) is 4.82. The van der Waals surface area contributed by atoms with Crippen LogP contribution in [0.15, 0.2) is 64.7 Å². The van der Waals surface area contributed by atoms with E-state index in [-0.39, 0.29) is 6.61 Å². The fourth-order valence-corrected chi connectivity index (χ4v) is 3.27. The summed E-state index contributed by atoms with van der Waals surface area (Å²) in [4.78, 5) is 4.42. The molecule has 0 amide bonds. The number of halogens is 3. The Balaban J connectivity index is 1.40. The van der Waals surface area contributed by atoms with Crippen molar-refractivity contribution in [3.05, 3.63) is 71.6 Å². The Morgan fingerprint density at radius 3 is 2.32 bits per heavy atom. The first-order chi connectivity index (χ1) is 13.5. The molecule has 5 nitrogen and oxygen atoms in total. The largest absolute Gasteiger partial charge is 0.487 e. The van der Waals surface area contributed by atoms with Crippen molar-refractivity contribution >= 4 is 11.3 Å². The van der Waals surface area contributed by atoms with Crippen LogP contribution < -0.4 is 4.74 Å². The van der Waals surface area contributed by atoms with Gasteiger partial charge < -0.3 is 9.15 Å². The highest BCUT2D eigenvalue weighted by atomic mass is 32.1. The molecule has 0 aliphatic carbocycles. The number of alkyl halides is 3. The summed E-state index contributed by atoms with van der Waals surface area (Å²) < 4.78 is 48.8. The van der Waals surface area contributed by atoms with Crippen LogP contribution >= 0.6 is 11.3 Å². The van der Waals surface area contributed by atoms with Crippen LogP contribution in [0.5, 0.6) is 5.75 Å². The second-order valence-electron chi connectivity index (χ2n) is 5.78. The molecule has 2 heterocycles. The summed E-state index contributed by atoms with van der Waals surface area (Å²) in [5.74, 6) is 1.07. The van der Waals surface area contributed by atoms with Gasteiger partial charge in [0.15, 0.2) is 0 Å². The van der Waals surface area contributed by atoms with E-state index in [9.17, 15) is 13.2 Å². The number of benzene rings is 2. The van der Waals surface area contributed by atoms with Crippen LogP contribution in [0.25, 0.3) is 22.0 Å². The third-order valence-corrected chi connectivity index (χ3v) is 4.80. The van der Waals surface area contributed by atoms with Gasteiger partial charge in [0.25, 0.3) is 0 Å². The first-order valence-corrected chi connectivity index (χ1v) is 8.98. The molecule has 0 radical (unpaired) electrons. The molecule has 0 aliphatic heterocycles. The Hall–Kier alpha value is -3.20. The molecule has 0 spiro atoms. The van der Waals surface area contributed by atoms with E-state index in [0.717, 1.165) is 17.7 Å². The first kappa shape index (κ1) is 18.2. The minimum absolute atomic E-state index is 0.247. The van der Waals surface area contributed by atoms with E-state index in [4.69, 9.17) is 9.15 Å². The zero-order chi connectivity index (χ0) is 19.6. The molecule has 9 heteroatoms. The molecule has 28 heavy (non-hydrogen) atoms. The molecule has 0 unspecified atom stereocenters. The fraction of sp³-hybridized carbons (Fsp3) is 0.105. The monoisotopic (exact) mass is 403 g/mol. The van der Waals surface area contributed by atoms with Crippen LogP contribution in [0.4, 0.5) is 13.2 Å². The number of thiazole rings is 1. The van der Waals surface area contributed by atoms with Crippen LogP contribution in [-0.4, -0.2) is 15.2 Å². The van der Waals surface area contributed by atoms with Crippen molar-refractivity contribution in [2.24, 2.45) is 0 Å². The summed E-state index contributed by atoms with van der Waals surface area (Å²) in [5, 5.41) is 9.92. The van der Waals surface area contributed by atoms with Crippen molar-refractivity contribution in [1.29, 1.82) is 0 Å². The van der Waals surface area contributed by atoms with Crippen molar-refractivity contribution in [3.8, 4) is 27.8 Å². The lowest BCUT2D eigenvalue weighted by Gasteiger charge is -2.06. The molecule has 0 atom stereocenters. The minimum atomic E-state index is -4.35. The number of hydrogen-bond acceptors (Lipinski definition) is 6. The number of ether oxygens (including phenoxy) is 1. The highest BCUT2D eigenvalue weighted by Crippen LogP contribution is 2.32. The zero-order valence-corrected chi connectivity index (χ0v) is 15.0. The van der Waals surface area contributed by atoms with E-state index in [2.05, 4.69) is 15.2 Å². The van der Waals surface area contributed by atoms with Crippen molar-refractivity contribution in [1.82, 2.24) is 15.2 Å². The van der Waals surface area contributed by atoms with Gasteiger partial charge in [-0.1, -0.05) is 12.1 Å². The van der Waals surface area contributed by atoms with Crippen molar-refractivity contribution in [2.75, 3.05) is 0 Å². The van der Waals surface area contributed by atoms with Crippen molar-refractivity contribution in [2.45, 2.75) is 12.8 Å². The zero-order valence-electron chi connectivity index (χ0n) is 14.2. The third-order valence-electron chi connectivity index (χ3n) is 3.86. The summed E-state index contributed by atoms with van der Waals surface area (Å²) >= 11 is 1.35. The van der Waals surface area contributed by atoms with E-state index in [0.29, 0.717) is 27.9 Å². The molecule has 0 fully saturated rings.